The molecule has 3 aromatic rings. The highest BCUT2D eigenvalue weighted by Crippen LogP contribution is 2.18. The Morgan fingerprint density at radius 3 is 2.52 bits per heavy atom. The van der Waals surface area contributed by atoms with E-state index in [9.17, 15) is 18.0 Å². The first-order valence-corrected chi connectivity index (χ1v) is 8.73. The maximum Gasteiger partial charge on any atom is 0.422 e. The van der Waals surface area contributed by atoms with Gasteiger partial charge in [0.05, 0.1) is 11.9 Å². The van der Waals surface area contributed by atoms with E-state index in [4.69, 9.17) is 0 Å². The van der Waals surface area contributed by atoms with Gasteiger partial charge in [-0.15, -0.1) is 0 Å². The number of halogens is 3. The lowest BCUT2D eigenvalue weighted by atomic mass is 10.2. The molecule has 0 saturated carbocycles. The third-order valence-electron chi connectivity index (χ3n) is 3.84. The summed E-state index contributed by atoms with van der Waals surface area (Å²) in [5, 5.41) is 6.96. The molecule has 0 spiro atoms. The normalized spacial score (nSPS) is 11.6. The van der Waals surface area contributed by atoms with Gasteiger partial charge in [0.25, 0.3) is 0 Å². The summed E-state index contributed by atoms with van der Waals surface area (Å²) in [7, 11) is 0. The third-order valence-corrected chi connectivity index (χ3v) is 3.84. The number of benzene rings is 2. The van der Waals surface area contributed by atoms with E-state index in [2.05, 4.69) is 15.2 Å². The van der Waals surface area contributed by atoms with Crippen molar-refractivity contribution in [2.24, 2.45) is 0 Å². The molecule has 150 valence electrons. The summed E-state index contributed by atoms with van der Waals surface area (Å²) in [5.41, 5.74) is 2.43. The van der Waals surface area contributed by atoms with Crippen LogP contribution in [0.15, 0.2) is 73.1 Å². The van der Waals surface area contributed by atoms with Crippen molar-refractivity contribution in [3.8, 4) is 11.4 Å². The Bertz CT molecular complexity index is 965. The number of ether oxygens (including phenoxy) is 1. The summed E-state index contributed by atoms with van der Waals surface area (Å²) in [4.78, 5) is 12.0. The molecule has 0 atom stereocenters. The lowest BCUT2D eigenvalue weighted by Gasteiger charge is -2.09. The molecule has 8 heteroatoms. The summed E-state index contributed by atoms with van der Waals surface area (Å²) in [6.45, 7) is -1.10. The van der Waals surface area contributed by atoms with E-state index < -0.39 is 12.8 Å². The summed E-state index contributed by atoms with van der Waals surface area (Å²) in [6.07, 6.45) is 2.12. The molecule has 1 aromatic heterocycles. The molecule has 0 aliphatic carbocycles. The van der Waals surface area contributed by atoms with Gasteiger partial charge in [0.2, 0.25) is 5.91 Å². The van der Waals surface area contributed by atoms with E-state index in [1.54, 1.807) is 35.3 Å². The van der Waals surface area contributed by atoms with Crippen LogP contribution < -0.4 is 10.1 Å². The number of carbonyl (C=O) groups excluding carboxylic acids is 1. The van der Waals surface area contributed by atoms with Gasteiger partial charge >= 0.3 is 6.18 Å². The second kappa shape index (κ2) is 9.09. The largest absolute Gasteiger partial charge is 0.484 e. The van der Waals surface area contributed by atoms with Crippen LogP contribution in [0, 0.1) is 0 Å². The van der Waals surface area contributed by atoms with Crippen molar-refractivity contribution in [2.75, 3.05) is 6.61 Å². The van der Waals surface area contributed by atoms with Crippen LogP contribution in [0.4, 0.5) is 13.2 Å². The van der Waals surface area contributed by atoms with Crippen LogP contribution in [0.5, 0.6) is 5.75 Å². The van der Waals surface area contributed by atoms with Gasteiger partial charge in [-0.25, -0.2) is 4.68 Å². The molecule has 0 saturated heterocycles. The number of hydrogen-bond donors (Lipinski definition) is 1. The van der Waals surface area contributed by atoms with E-state index >= 15 is 0 Å². The first-order valence-electron chi connectivity index (χ1n) is 8.73. The van der Waals surface area contributed by atoms with E-state index in [-0.39, 0.29) is 18.2 Å². The Balaban J connectivity index is 1.48. The van der Waals surface area contributed by atoms with Crippen molar-refractivity contribution in [3.63, 3.8) is 0 Å². The van der Waals surface area contributed by atoms with Crippen LogP contribution in [-0.4, -0.2) is 28.5 Å². The molecular formula is C21H18F3N3O2. The fourth-order valence-corrected chi connectivity index (χ4v) is 2.43. The molecule has 3 rings (SSSR count). The van der Waals surface area contributed by atoms with Crippen LogP contribution >= 0.6 is 0 Å². The van der Waals surface area contributed by atoms with Crippen LogP contribution in [0.3, 0.4) is 0 Å². The molecule has 1 heterocycles. The molecule has 0 fully saturated rings. The highest BCUT2D eigenvalue weighted by molar-refractivity contribution is 5.91. The minimum absolute atomic E-state index is 0.118. The van der Waals surface area contributed by atoms with Crippen molar-refractivity contribution in [3.05, 3.63) is 84.2 Å². The van der Waals surface area contributed by atoms with Gasteiger partial charge in [-0.2, -0.15) is 18.3 Å². The minimum Gasteiger partial charge on any atom is -0.484 e. The van der Waals surface area contributed by atoms with Gasteiger partial charge in [0, 0.05) is 24.4 Å². The van der Waals surface area contributed by atoms with E-state index in [0.717, 1.165) is 16.8 Å². The molecule has 0 aliphatic heterocycles. The van der Waals surface area contributed by atoms with Gasteiger partial charge < -0.3 is 10.1 Å². The van der Waals surface area contributed by atoms with Gasteiger partial charge in [0.1, 0.15) is 5.75 Å². The third kappa shape index (κ3) is 6.53. The molecule has 0 radical (unpaired) electrons. The maximum absolute atomic E-state index is 12.1. The highest BCUT2D eigenvalue weighted by Gasteiger charge is 2.28. The Labute approximate surface area is 165 Å². The average Bonchev–Trinajstić information content (AvgIpc) is 3.19. The fraction of sp³-hybridized carbons (Fsp3) is 0.143. The standard InChI is InChI=1S/C21H18F3N3O2/c22-21(23,24)15-29-19-9-6-16(7-10-19)12-25-20(28)11-8-17-13-26-27(14-17)18-4-2-1-3-5-18/h1-11,13-14H,12,15H2,(H,25,28)/b11-8+. The van der Waals surface area contributed by atoms with Crippen molar-refractivity contribution in [2.45, 2.75) is 12.7 Å². The molecule has 1 amide bonds. The number of nitrogens with one attached hydrogen (secondary N) is 1. The number of para-hydroxylation sites is 1. The van der Waals surface area contributed by atoms with Crippen molar-refractivity contribution >= 4 is 12.0 Å². The molecule has 2 aromatic carbocycles. The number of aromatic nitrogens is 2. The number of rotatable bonds is 7. The smallest absolute Gasteiger partial charge is 0.422 e. The zero-order chi connectivity index (χ0) is 20.7. The SMILES string of the molecule is O=C(/C=C/c1cnn(-c2ccccc2)c1)NCc1ccc(OCC(F)(F)F)cc1. The number of amides is 1. The van der Waals surface area contributed by atoms with Gasteiger partial charge in [-0.1, -0.05) is 30.3 Å². The summed E-state index contributed by atoms with van der Waals surface area (Å²) in [6, 6.07) is 15.6. The summed E-state index contributed by atoms with van der Waals surface area (Å²) in [5.74, 6) is -0.178. The van der Waals surface area contributed by atoms with Gasteiger partial charge in [0.15, 0.2) is 6.61 Å². The Hall–Kier alpha value is -3.55. The Morgan fingerprint density at radius 1 is 1.10 bits per heavy atom. The second-order valence-electron chi connectivity index (χ2n) is 6.15. The molecular weight excluding hydrogens is 383 g/mol. The van der Waals surface area contributed by atoms with E-state index in [1.807, 2.05) is 30.3 Å². The molecule has 5 nitrogen and oxygen atoms in total. The molecule has 0 bridgehead atoms. The number of nitrogens with zero attached hydrogens (tertiary/aromatic N) is 2. The van der Waals surface area contributed by atoms with Crippen LogP contribution in [0.1, 0.15) is 11.1 Å². The van der Waals surface area contributed by atoms with Gasteiger partial charge in [-0.05, 0) is 35.9 Å². The second-order valence-corrected chi connectivity index (χ2v) is 6.15. The Kier molecular flexibility index (Phi) is 6.33. The molecule has 0 aliphatic rings. The zero-order valence-electron chi connectivity index (χ0n) is 15.3. The monoisotopic (exact) mass is 401 g/mol. The van der Waals surface area contributed by atoms with Gasteiger partial charge in [-0.3, -0.25) is 4.79 Å². The first kappa shape index (κ1) is 20.2. The first-order chi connectivity index (χ1) is 13.9. The molecule has 1 N–H and O–H groups in total. The molecule has 0 unspecified atom stereocenters. The maximum atomic E-state index is 12.1. The van der Waals surface area contributed by atoms with E-state index in [1.165, 1.54) is 18.2 Å². The van der Waals surface area contributed by atoms with Crippen LogP contribution in [-0.2, 0) is 11.3 Å². The zero-order valence-corrected chi connectivity index (χ0v) is 15.3. The Morgan fingerprint density at radius 2 is 1.83 bits per heavy atom. The minimum atomic E-state index is -4.38. The van der Waals surface area contributed by atoms with E-state index in [0.29, 0.717) is 0 Å². The topological polar surface area (TPSA) is 56.2 Å². The highest BCUT2D eigenvalue weighted by atomic mass is 19.4. The van der Waals surface area contributed by atoms with Crippen LogP contribution in [0.25, 0.3) is 11.8 Å². The lowest BCUT2D eigenvalue weighted by Crippen LogP contribution is -2.20. The predicted octanol–water partition coefficient (Wildman–Crippen LogP) is 4.14. The number of hydrogen-bond acceptors (Lipinski definition) is 3. The summed E-state index contributed by atoms with van der Waals surface area (Å²) < 4.78 is 42.7. The van der Waals surface area contributed by atoms with Crippen molar-refractivity contribution in [1.29, 1.82) is 0 Å². The summed E-state index contributed by atoms with van der Waals surface area (Å²) >= 11 is 0. The van der Waals surface area contributed by atoms with Crippen molar-refractivity contribution in [1.82, 2.24) is 15.1 Å². The fourth-order valence-electron chi connectivity index (χ4n) is 2.43. The molecule has 29 heavy (non-hydrogen) atoms. The quantitative estimate of drug-likeness (QED) is 0.606. The van der Waals surface area contributed by atoms with Crippen molar-refractivity contribution < 1.29 is 22.7 Å². The number of alkyl halides is 3. The number of carbonyl (C=O) groups is 1. The predicted molar refractivity (Wildman–Crippen MR) is 102 cm³/mol. The lowest BCUT2D eigenvalue weighted by molar-refractivity contribution is -0.153. The average molecular weight is 401 g/mol. The van der Waals surface area contributed by atoms with Crippen LogP contribution in [0.2, 0.25) is 0 Å².